The molecule has 1 fully saturated rings. The summed E-state index contributed by atoms with van der Waals surface area (Å²) in [5.74, 6) is 2.52. The van der Waals surface area contributed by atoms with Gasteiger partial charge >= 0.3 is 0 Å². The highest BCUT2D eigenvalue weighted by molar-refractivity contribution is 8.00. The van der Waals surface area contributed by atoms with Crippen LogP contribution in [0.1, 0.15) is 17.1 Å². The lowest BCUT2D eigenvalue weighted by Crippen LogP contribution is -2.49. The molecule has 2 aromatic rings. The van der Waals surface area contributed by atoms with Crippen LogP contribution in [0, 0.1) is 20.8 Å². The van der Waals surface area contributed by atoms with E-state index in [2.05, 4.69) is 21.8 Å². The van der Waals surface area contributed by atoms with Crippen LogP contribution in [0.3, 0.4) is 0 Å². The number of rotatable bonds is 4. The molecule has 132 valence electrons. The van der Waals surface area contributed by atoms with Gasteiger partial charge in [-0.3, -0.25) is 4.79 Å². The molecule has 0 radical (unpaired) electrons. The van der Waals surface area contributed by atoms with Crippen molar-refractivity contribution in [1.82, 2.24) is 14.9 Å². The number of hydrogen-bond acceptors (Lipinski definition) is 5. The summed E-state index contributed by atoms with van der Waals surface area (Å²) in [6, 6.07) is 10.1. The molecule has 3 rings (SSSR count). The molecule has 25 heavy (non-hydrogen) atoms. The van der Waals surface area contributed by atoms with Crippen molar-refractivity contribution in [2.24, 2.45) is 0 Å². The third kappa shape index (κ3) is 4.31. The second-order valence-corrected chi connectivity index (χ2v) is 7.32. The third-order valence-electron chi connectivity index (χ3n) is 4.51. The Morgan fingerprint density at radius 2 is 1.72 bits per heavy atom. The minimum atomic E-state index is 0.209. The van der Waals surface area contributed by atoms with Crippen LogP contribution in [0.4, 0.5) is 5.82 Å². The molecule has 0 bridgehead atoms. The van der Waals surface area contributed by atoms with Crippen molar-refractivity contribution in [2.45, 2.75) is 25.7 Å². The van der Waals surface area contributed by atoms with Crippen molar-refractivity contribution in [3.05, 3.63) is 47.4 Å². The number of amides is 1. The Hall–Kier alpha value is -2.08. The van der Waals surface area contributed by atoms with Gasteiger partial charge in [-0.25, -0.2) is 9.97 Å². The maximum absolute atomic E-state index is 12.5. The zero-order chi connectivity index (χ0) is 17.8. The van der Waals surface area contributed by atoms with Crippen LogP contribution in [0.2, 0.25) is 0 Å². The van der Waals surface area contributed by atoms with Gasteiger partial charge in [0.15, 0.2) is 0 Å². The number of aromatic nitrogens is 2. The molecule has 1 aliphatic heterocycles. The van der Waals surface area contributed by atoms with Crippen molar-refractivity contribution in [3.63, 3.8) is 0 Å². The van der Waals surface area contributed by atoms with E-state index in [1.165, 1.54) is 0 Å². The lowest BCUT2D eigenvalue weighted by molar-refractivity contribution is -0.128. The van der Waals surface area contributed by atoms with E-state index >= 15 is 0 Å². The number of piperazine rings is 1. The summed E-state index contributed by atoms with van der Waals surface area (Å²) in [5, 5.41) is 0. The average molecular weight is 356 g/mol. The van der Waals surface area contributed by atoms with Gasteiger partial charge in [0.25, 0.3) is 0 Å². The van der Waals surface area contributed by atoms with E-state index in [1.807, 2.05) is 49.1 Å². The molecule has 0 N–H and O–H groups in total. The van der Waals surface area contributed by atoms with Crippen molar-refractivity contribution >= 4 is 23.5 Å². The van der Waals surface area contributed by atoms with E-state index in [0.717, 1.165) is 54.0 Å². The quantitative estimate of drug-likeness (QED) is 0.789. The summed E-state index contributed by atoms with van der Waals surface area (Å²) >= 11 is 1.60. The fourth-order valence-corrected chi connectivity index (χ4v) is 3.80. The third-order valence-corrected chi connectivity index (χ3v) is 5.51. The van der Waals surface area contributed by atoms with Crippen LogP contribution >= 0.6 is 11.8 Å². The van der Waals surface area contributed by atoms with Crippen LogP contribution in [0.5, 0.6) is 0 Å². The van der Waals surface area contributed by atoms with Crippen molar-refractivity contribution in [1.29, 1.82) is 0 Å². The molecule has 2 heterocycles. The smallest absolute Gasteiger partial charge is 0.233 e. The number of aryl methyl sites for hydroxylation is 2. The first kappa shape index (κ1) is 17.7. The molecule has 1 aliphatic rings. The minimum Gasteiger partial charge on any atom is -0.353 e. The highest BCUT2D eigenvalue weighted by atomic mass is 32.2. The van der Waals surface area contributed by atoms with Gasteiger partial charge in [-0.05, 0) is 32.9 Å². The van der Waals surface area contributed by atoms with E-state index < -0.39 is 0 Å². The first-order valence-electron chi connectivity index (χ1n) is 8.57. The largest absolute Gasteiger partial charge is 0.353 e. The van der Waals surface area contributed by atoms with Gasteiger partial charge < -0.3 is 9.80 Å². The van der Waals surface area contributed by atoms with Gasteiger partial charge in [0.05, 0.1) is 5.75 Å². The first-order chi connectivity index (χ1) is 12.0. The number of carbonyl (C=O) groups excluding carboxylic acids is 1. The molecule has 6 heteroatoms. The lowest BCUT2D eigenvalue weighted by atomic mass is 10.2. The molecule has 1 saturated heterocycles. The molecule has 0 unspecified atom stereocenters. The second-order valence-electron chi connectivity index (χ2n) is 6.27. The maximum Gasteiger partial charge on any atom is 0.233 e. The molecule has 1 aromatic carbocycles. The van der Waals surface area contributed by atoms with Crippen LogP contribution < -0.4 is 4.90 Å². The monoisotopic (exact) mass is 356 g/mol. The van der Waals surface area contributed by atoms with Gasteiger partial charge in [0.2, 0.25) is 5.91 Å². The molecule has 0 spiro atoms. The summed E-state index contributed by atoms with van der Waals surface area (Å²) < 4.78 is 0. The summed E-state index contributed by atoms with van der Waals surface area (Å²) in [7, 11) is 0. The predicted molar refractivity (Wildman–Crippen MR) is 102 cm³/mol. The zero-order valence-corrected chi connectivity index (χ0v) is 15.8. The Labute approximate surface area is 153 Å². The summed E-state index contributed by atoms with van der Waals surface area (Å²) in [5.41, 5.74) is 2.16. The van der Waals surface area contributed by atoms with E-state index in [9.17, 15) is 4.79 Å². The summed E-state index contributed by atoms with van der Waals surface area (Å²) in [6.45, 7) is 9.14. The van der Waals surface area contributed by atoms with Crippen LogP contribution in [-0.2, 0) is 4.79 Å². The Bertz CT molecular complexity index is 743. The van der Waals surface area contributed by atoms with Crippen LogP contribution in [0.15, 0.2) is 35.2 Å². The van der Waals surface area contributed by atoms with E-state index in [-0.39, 0.29) is 5.91 Å². The summed E-state index contributed by atoms with van der Waals surface area (Å²) in [4.78, 5) is 26.8. The highest BCUT2D eigenvalue weighted by Gasteiger charge is 2.23. The Kier molecular flexibility index (Phi) is 5.58. The van der Waals surface area contributed by atoms with Crippen LogP contribution in [-0.4, -0.2) is 52.7 Å². The summed E-state index contributed by atoms with van der Waals surface area (Å²) in [6.07, 6.45) is 0. The molecular weight excluding hydrogens is 332 g/mol. The molecule has 1 aromatic heterocycles. The Morgan fingerprint density at radius 1 is 1.04 bits per heavy atom. The average Bonchev–Trinajstić information content (AvgIpc) is 2.63. The number of hydrogen-bond donors (Lipinski definition) is 0. The molecule has 1 amide bonds. The molecule has 5 nitrogen and oxygen atoms in total. The molecule has 0 saturated carbocycles. The lowest BCUT2D eigenvalue weighted by Gasteiger charge is -2.36. The highest BCUT2D eigenvalue weighted by Crippen LogP contribution is 2.22. The van der Waals surface area contributed by atoms with Crippen molar-refractivity contribution < 1.29 is 4.79 Å². The number of thioether (sulfide) groups is 1. The maximum atomic E-state index is 12.5. The number of benzene rings is 1. The SMILES string of the molecule is Cc1nc(C)c(C)c(N2CCN(C(=O)CSc3ccccc3)CC2)n1. The Morgan fingerprint density at radius 3 is 2.40 bits per heavy atom. The minimum absolute atomic E-state index is 0.209. The second kappa shape index (κ2) is 7.87. The van der Waals surface area contributed by atoms with Gasteiger partial charge in [0, 0.05) is 42.3 Å². The fraction of sp³-hybridized carbons (Fsp3) is 0.421. The van der Waals surface area contributed by atoms with Gasteiger partial charge in [-0.1, -0.05) is 18.2 Å². The van der Waals surface area contributed by atoms with Gasteiger partial charge in [0.1, 0.15) is 11.6 Å². The van der Waals surface area contributed by atoms with Gasteiger partial charge in [-0.2, -0.15) is 0 Å². The van der Waals surface area contributed by atoms with E-state index in [4.69, 9.17) is 0 Å². The number of anilines is 1. The first-order valence-corrected chi connectivity index (χ1v) is 9.55. The Balaban J connectivity index is 1.56. The number of nitrogens with zero attached hydrogens (tertiary/aromatic N) is 4. The number of carbonyl (C=O) groups is 1. The van der Waals surface area contributed by atoms with Crippen molar-refractivity contribution in [3.8, 4) is 0 Å². The van der Waals surface area contributed by atoms with E-state index in [1.54, 1.807) is 11.8 Å². The standard InChI is InChI=1S/C19H24N4OS/c1-14-15(2)20-16(3)21-19(14)23-11-9-22(10-12-23)18(24)13-25-17-7-5-4-6-8-17/h4-8H,9-13H2,1-3H3. The normalized spacial score (nSPS) is 14.7. The van der Waals surface area contributed by atoms with E-state index in [0.29, 0.717) is 5.75 Å². The predicted octanol–water partition coefficient (Wildman–Crippen LogP) is 2.84. The van der Waals surface area contributed by atoms with Gasteiger partial charge in [-0.15, -0.1) is 11.8 Å². The molecule has 0 atom stereocenters. The fourth-order valence-electron chi connectivity index (χ4n) is 2.98. The molecular formula is C19H24N4OS. The topological polar surface area (TPSA) is 49.3 Å². The van der Waals surface area contributed by atoms with Crippen LogP contribution in [0.25, 0.3) is 0 Å². The molecule has 0 aliphatic carbocycles. The van der Waals surface area contributed by atoms with Crippen molar-refractivity contribution in [2.75, 3.05) is 36.8 Å². The zero-order valence-electron chi connectivity index (χ0n) is 15.0.